The van der Waals surface area contributed by atoms with Gasteiger partial charge in [-0.15, -0.1) is 0 Å². The van der Waals surface area contributed by atoms with E-state index >= 15 is 0 Å². The maximum Gasteiger partial charge on any atom is 0.338 e. The van der Waals surface area contributed by atoms with Crippen molar-refractivity contribution in [3.8, 4) is 5.75 Å². The largest absolute Gasteiger partial charge is 0.508 e. The number of hydrogen-bond donors (Lipinski definition) is 2. The van der Waals surface area contributed by atoms with Gasteiger partial charge in [-0.25, -0.2) is 14.1 Å². The lowest BCUT2D eigenvalue weighted by molar-refractivity contribution is -0.122. The summed E-state index contributed by atoms with van der Waals surface area (Å²) in [5.74, 6) is -4.15. The molecule has 2 unspecified atom stereocenters. The number of nitrogens with zero attached hydrogens (tertiary/aromatic N) is 2. The van der Waals surface area contributed by atoms with E-state index in [1.807, 2.05) is 0 Å². The molecule has 13 heteroatoms. The number of esters is 1. The summed E-state index contributed by atoms with van der Waals surface area (Å²) < 4.78 is 20.2. The molecule has 4 aromatic rings. The van der Waals surface area contributed by atoms with Gasteiger partial charge in [0.15, 0.2) is 0 Å². The van der Waals surface area contributed by atoms with Gasteiger partial charge >= 0.3 is 10.8 Å². The van der Waals surface area contributed by atoms with Crippen LogP contribution in [0.1, 0.15) is 33.6 Å². The molecule has 0 aliphatic carbocycles. The Kier molecular flexibility index (Phi) is 7.82. The van der Waals surface area contributed by atoms with Crippen LogP contribution in [0.4, 0.5) is 15.8 Å². The maximum absolute atomic E-state index is 14.0. The Morgan fingerprint density at radius 3 is 2.30 bits per heavy atom. The zero-order chi connectivity index (χ0) is 31.1. The number of aromatic nitrogens is 1. The molecule has 1 aromatic heterocycles. The molecule has 2 aliphatic rings. The fraction of sp³-hybridized carbons (Fsp3) is 0.194. The van der Waals surface area contributed by atoms with Gasteiger partial charge < -0.3 is 15.2 Å². The second-order valence-corrected chi connectivity index (χ2v) is 12.2. The fourth-order valence-electron chi connectivity index (χ4n) is 5.39. The van der Waals surface area contributed by atoms with Crippen molar-refractivity contribution in [1.82, 2.24) is 4.57 Å². The van der Waals surface area contributed by atoms with Crippen LogP contribution in [0.25, 0.3) is 0 Å². The minimum absolute atomic E-state index is 0.0312. The molecule has 0 saturated carbocycles. The van der Waals surface area contributed by atoms with Gasteiger partial charge in [0, 0.05) is 16.5 Å². The number of imide groups is 1. The van der Waals surface area contributed by atoms with E-state index in [4.69, 9.17) is 4.74 Å². The number of hydrogen-bond acceptors (Lipinski definition) is 9. The van der Waals surface area contributed by atoms with Crippen LogP contribution in [-0.4, -0.2) is 45.2 Å². The molecule has 6 rings (SSSR count). The normalized spacial score (nSPS) is 19.0. The molecule has 44 heavy (non-hydrogen) atoms. The van der Waals surface area contributed by atoms with Gasteiger partial charge in [0.25, 0.3) is 0 Å². The van der Waals surface area contributed by atoms with Gasteiger partial charge in [0.05, 0.1) is 28.8 Å². The lowest BCUT2D eigenvalue weighted by atomic mass is 9.83. The van der Waals surface area contributed by atoms with Crippen LogP contribution < -0.4 is 15.1 Å². The Bertz CT molecular complexity index is 1840. The van der Waals surface area contributed by atoms with Crippen molar-refractivity contribution in [2.75, 3.05) is 16.8 Å². The zero-order valence-electron chi connectivity index (χ0n) is 23.1. The summed E-state index contributed by atoms with van der Waals surface area (Å²) in [5.41, 5.74) is 1.51. The quantitative estimate of drug-likeness (QED) is 0.174. The minimum Gasteiger partial charge on any atom is -0.508 e. The number of phenolic OH excluding ortho intramolecular Hbond substituents is 1. The summed E-state index contributed by atoms with van der Waals surface area (Å²) in [6, 6.07) is 17.4. The van der Waals surface area contributed by atoms with Gasteiger partial charge in [-0.2, -0.15) is 0 Å². The number of thioether (sulfide) groups is 1. The van der Waals surface area contributed by atoms with E-state index in [0.29, 0.717) is 21.2 Å². The van der Waals surface area contributed by atoms with Crippen molar-refractivity contribution in [2.45, 2.75) is 29.7 Å². The van der Waals surface area contributed by atoms with Crippen molar-refractivity contribution in [3.05, 3.63) is 104 Å². The standard InChI is InChI=1S/C31H24FN3O7S2/c1-2-42-30(40)17-5-11-20(12-6-17)35-27(38)24-23(16-3-7-18(32)8-4-16)26-29(43-25(24)28(35)39)34(31(41)44-26)15-22(37)33-19-9-13-21(36)14-10-19/h3-14,23-25,36H,2,15H2,1H3,(H,33,37)/t23-,24?,25?/m1/s1. The summed E-state index contributed by atoms with van der Waals surface area (Å²) in [7, 11) is 0. The molecule has 3 atom stereocenters. The highest BCUT2D eigenvalue weighted by molar-refractivity contribution is 8.00. The Labute approximate surface area is 258 Å². The Morgan fingerprint density at radius 2 is 1.64 bits per heavy atom. The average Bonchev–Trinajstić information content (AvgIpc) is 3.45. The van der Waals surface area contributed by atoms with Crippen LogP contribution in [-0.2, 0) is 25.7 Å². The number of halogens is 1. The Hall–Kier alpha value is -4.75. The van der Waals surface area contributed by atoms with E-state index in [-0.39, 0.29) is 30.2 Å². The second-order valence-electron chi connectivity index (χ2n) is 10.1. The molecule has 2 aliphatic heterocycles. The zero-order valence-corrected chi connectivity index (χ0v) is 24.7. The third-order valence-electron chi connectivity index (χ3n) is 7.37. The number of nitrogens with one attached hydrogen (secondary N) is 1. The van der Waals surface area contributed by atoms with Crippen LogP contribution in [0.15, 0.2) is 82.6 Å². The van der Waals surface area contributed by atoms with E-state index in [0.717, 1.165) is 28.0 Å². The van der Waals surface area contributed by atoms with E-state index in [9.17, 15) is 33.5 Å². The average molecular weight is 634 g/mol. The number of phenols is 1. The first-order valence-corrected chi connectivity index (χ1v) is 15.3. The number of rotatable bonds is 7. The number of fused-ring (bicyclic) bond motifs is 2. The summed E-state index contributed by atoms with van der Waals surface area (Å²) >= 11 is 1.93. The van der Waals surface area contributed by atoms with Crippen molar-refractivity contribution in [1.29, 1.82) is 0 Å². The van der Waals surface area contributed by atoms with Crippen molar-refractivity contribution >= 4 is 58.2 Å². The molecule has 10 nitrogen and oxygen atoms in total. The summed E-state index contributed by atoms with van der Waals surface area (Å²) in [6.45, 7) is 1.53. The van der Waals surface area contributed by atoms with Crippen molar-refractivity contribution in [3.63, 3.8) is 0 Å². The molecular weight excluding hydrogens is 609 g/mol. The van der Waals surface area contributed by atoms with E-state index in [2.05, 4.69) is 5.32 Å². The molecule has 1 saturated heterocycles. The number of benzene rings is 3. The third kappa shape index (κ3) is 5.28. The van der Waals surface area contributed by atoms with Crippen LogP contribution in [0, 0.1) is 11.7 Å². The fourth-order valence-corrected chi connectivity index (χ4v) is 8.16. The molecule has 0 radical (unpaired) electrons. The first kappa shape index (κ1) is 29.3. The number of anilines is 2. The van der Waals surface area contributed by atoms with Gasteiger partial charge in [0.1, 0.15) is 23.4 Å². The molecular formula is C31H24FN3O7S2. The predicted octanol–water partition coefficient (Wildman–Crippen LogP) is 4.37. The molecule has 1 fully saturated rings. The SMILES string of the molecule is CCOC(=O)c1ccc(N2C(=O)C3Sc4c(sc(=O)n4CC(=O)Nc4ccc(O)cc4)[C@H](c4ccc(F)cc4)C3C2=O)cc1. The smallest absolute Gasteiger partial charge is 0.338 e. The van der Waals surface area contributed by atoms with Crippen molar-refractivity contribution in [2.24, 2.45) is 5.92 Å². The van der Waals surface area contributed by atoms with E-state index in [1.54, 1.807) is 6.92 Å². The predicted molar refractivity (Wildman–Crippen MR) is 162 cm³/mol. The topological polar surface area (TPSA) is 135 Å². The van der Waals surface area contributed by atoms with Gasteiger partial charge in [-0.3, -0.25) is 23.7 Å². The molecule has 2 N–H and O–H groups in total. The summed E-state index contributed by atoms with van der Waals surface area (Å²) in [5, 5.41) is 11.6. The van der Waals surface area contributed by atoms with Crippen LogP contribution >= 0.6 is 23.1 Å². The number of carbonyl (C=O) groups excluding carboxylic acids is 4. The molecule has 0 bridgehead atoms. The first-order chi connectivity index (χ1) is 21.2. The monoisotopic (exact) mass is 633 g/mol. The van der Waals surface area contributed by atoms with E-state index < -0.39 is 51.5 Å². The lowest BCUT2D eigenvalue weighted by Gasteiger charge is -2.30. The number of aromatic hydroxyl groups is 1. The number of amides is 3. The highest BCUT2D eigenvalue weighted by Gasteiger charge is 2.56. The minimum atomic E-state index is -0.935. The lowest BCUT2D eigenvalue weighted by Crippen LogP contribution is -2.33. The molecule has 3 aromatic carbocycles. The number of carbonyl (C=O) groups is 4. The Balaban J connectivity index is 1.36. The third-order valence-corrected chi connectivity index (χ3v) is 9.97. The number of ether oxygens (including phenoxy) is 1. The Morgan fingerprint density at radius 1 is 0.955 bits per heavy atom. The molecule has 224 valence electrons. The van der Waals surface area contributed by atoms with Gasteiger partial charge in [-0.1, -0.05) is 35.2 Å². The van der Waals surface area contributed by atoms with Crippen LogP contribution in [0.2, 0.25) is 0 Å². The van der Waals surface area contributed by atoms with Crippen LogP contribution in [0.3, 0.4) is 0 Å². The highest BCUT2D eigenvalue weighted by Crippen LogP contribution is 2.53. The highest BCUT2D eigenvalue weighted by atomic mass is 32.2. The maximum atomic E-state index is 14.0. The van der Waals surface area contributed by atoms with Crippen molar-refractivity contribution < 1.29 is 33.4 Å². The summed E-state index contributed by atoms with van der Waals surface area (Å²) in [4.78, 5) is 67.3. The molecule has 0 spiro atoms. The van der Waals surface area contributed by atoms with E-state index in [1.165, 1.54) is 77.4 Å². The van der Waals surface area contributed by atoms with Crippen LogP contribution in [0.5, 0.6) is 5.75 Å². The molecule has 3 amide bonds. The first-order valence-electron chi connectivity index (χ1n) is 13.6. The summed E-state index contributed by atoms with van der Waals surface area (Å²) in [6.07, 6.45) is 0. The van der Waals surface area contributed by atoms with Gasteiger partial charge in [0.2, 0.25) is 17.7 Å². The van der Waals surface area contributed by atoms with Gasteiger partial charge in [-0.05, 0) is 73.2 Å². The second kappa shape index (κ2) is 11.7. The number of thiazole rings is 1. The molecule has 3 heterocycles.